The number of aromatic nitrogens is 8. The quantitative estimate of drug-likeness (QED) is 0.0777. The van der Waals surface area contributed by atoms with Crippen LogP contribution >= 0.6 is 0 Å². The van der Waals surface area contributed by atoms with E-state index < -0.39 is 169 Å². The van der Waals surface area contributed by atoms with Crippen molar-refractivity contribution in [2.24, 2.45) is 0 Å². The first-order chi connectivity index (χ1) is 26.4. The third-order valence-corrected chi connectivity index (χ3v) is 9.43. The van der Waals surface area contributed by atoms with Crippen LogP contribution in [0.25, 0.3) is 89.7 Å². The molecule has 9 rings (SSSR count). The molecule has 3 aromatic heterocycles. The number of rotatable bonds is 1. The first-order valence-electron chi connectivity index (χ1n) is 14.8. The van der Waals surface area contributed by atoms with E-state index in [0.717, 1.165) is 6.07 Å². The molecule has 26 heteroatoms. The monoisotopic (exact) mass is 894 g/mol. The topological polar surface area (TPSA) is 163 Å². The Hall–Kier alpha value is -5.07. The Morgan fingerprint density at radius 1 is 0.431 bits per heavy atom. The average molecular weight is 896 g/mol. The van der Waals surface area contributed by atoms with Gasteiger partial charge in [0.05, 0.1) is 38.8 Å². The van der Waals surface area contributed by atoms with E-state index in [4.69, 9.17) is 0 Å². The fraction of sp³-hybridized carbons (Fsp3) is 0. The molecule has 0 amide bonds. The molecule has 0 spiro atoms. The largest absolute Gasteiger partial charge is 2.00 e. The molecule has 0 radical (unpaired) electrons. The molecule has 58 heavy (non-hydrogen) atoms. The molecule has 282 valence electrons. The summed E-state index contributed by atoms with van der Waals surface area (Å²) in [5, 5.41) is -3.53. The molecular formula is C32H3F12N8NaO3SZn. The van der Waals surface area contributed by atoms with Crippen LogP contribution < -0.4 is 39.5 Å². The predicted octanol–water partition coefficient (Wildman–Crippen LogP) is 3.70. The zero-order valence-electron chi connectivity index (χ0n) is 27.7. The smallest absolute Gasteiger partial charge is 0.744 e. The van der Waals surface area contributed by atoms with Crippen molar-refractivity contribution >= 4 is 54.3 Å². The molecule has 0 aliphatic carbocycles. The van der Waals surface area contributed by atoms with Gasteiger partial charge in [-0.1, -0.05) is 6.07 Å². The van der Waals surface area contributed by atoms with Crippen LogP contribution in [0.15, 0.2) is 23.1 Å². The van der Waals surface area contributed by atoms with Gasteiger partial charge < -0.3 is 29.5 Å². The number of nitrogens with zero attached hydrogens (tertiary/aromatic N) is 8. The Bertz CT molecular complexity index is 3350. The van der Waals surface area contributed by atoms with Gasteiger partial charge in [0, 0.05) is 33.4 Å². The van der Waals surface area contributed by atoms with E-state index in [0.29, 0.717) is 12.1 Å². The van der Waals surface area contributed by atoms with Gasteiger partial charge in [-0.25, -0.2) is 76.1 Å². The Labute approximate surface area is 345 Å². The van der Waals surface area contributed by atoms with E-state index >= 15 is 26.3 Å². The molecule has 2 aliphatic heterocycles. The zero-order valence-corrected chi connectivity index (χ0v) is 33.5. The third-order valence-electron chi connectivity index (χ3n) is 8.60. The minimum Gasteiger partial charge on any atom is -0.744 e. The molecule has 0 N–H and O–H groups in total. The third kappa shape index (κ3) is 5.65. The van der Waals surface area contributed by atoms with E-state index in [9.17, 15) is 39.3 Å². The van der Waals surface area contributed by atoms with Gasteiger partial charge in [-0.3, -0.25) is 0 Å². The van der Waals surface area contributed by atoms with Gasteiger partial charge >= 0.3 is 49.0 Å². The fourth-order valence-corrected chi connectivity index (χ4v) is 6.62. The zero-order chi connectivity index (χ0) is 40.0. The van der Waals surface area contributed by atoms with Gasteiger partial charge in [-0.05, 0) is 22.9 Å². The summed E-state index contributed by atoms with van der Waals surface area (Å²) in [6.45, 7) is 0. The summed E-state index contributed by atoms with van der Waals surface area (Å²) in [6, 6.07) is 2.21. The van der Waals surface area contributed by atoms with Crippen molar-refractivity contribution in [2.45, 2.75) is 4.90 Å². The van der Waals surface area contributed by atoms with Crippen LogP contribution in [-0.2, 0) is 29.6 Å². The molecule has 0 atom stereocenters. The number of hydrogen-bond donors (Lipinski definition) is 0. The number of hydrogen-bond acceptors (Lipinski definition) is 9. The van der Waals surface area contributed by atoms with Crippen LogP contribution in [0.5, 0.6) is 0 Å². The minimum atomic E-state index is -5.27. The SMILES string of the molecule is O=S(=O)([O-])c1ccc2c3nc4nc(nc5nc(nc6[n-]c(nc([n-]3)c2c1)c1c(F)c(F)c(F)c(F)c61)-c1c(F)c(F)c(F)c(F)c1-5)-c1c(F)c(F)c(F)c(F)c1-4.[Na+].[Zn+2]. The van der Waals surface area contributed by atoms with Gasteiger partial charge in [0.1, 0.15) is 10.1 Å². The van der Waals surface area contributed by atoms with Crippen molar-refractivity contribution in [1.29, 1.82) is 0 Å². The number of halogens is 12. The van der Waals surface area contributed by atoms with Crippen LogP contribution in [0.1, 0.15) is 0 Å². The summed E-state index contributed by atoms with van der Waals surface area (Å²) < 4.78 is 216. The number of fused-ring (bicyclic) bond motifs is 20. The van der Waals surface area contributed by atoms with Crippen LogP contribution in [0, 0.1) is 69.8 Å². The summed E-state index contributed by atoms with van der Waals surface area (Å²) in [5.41, 5.74) is -9.48. The van der Waals surface area contributed by atoms with E-state index in [-0.39, 0.29) is 54.4 Å². The van der Waals surface area contributed by atoms with Crippen molar-refractivity contribution in [3.8, 4) is 45.6 Å². The van der Waals surface area contributed by atoms with Crippen LogP contribution in [0.4, 0.5) is 52.7 Å². The molecule has 8 bridgehead atoms. The van der Waals surface area contributed by atoms with Crippen LogP contribution in [-0.4, -0.2) is 42.9 Å². The molecule has 11 nitrogen and oxygen atoms in total. The molecule has 0 fully saturated rings. The molecular weight excluding hydrogens is 893 g/mol. The second kappa shape index (κ2) is 13.8. The minimum absolute atomic E-state index is 0. The van der Waals surface area contributed by atoms with Crippen molar-refractivity contribution in [2.75, 3.05) is 0 Å². The van der Waals surface area contributed by atoms with E-state index in [1.807, 2.05) is 0 Å². The molecule has 5 heterocycles. The summed E-state index contributed by atoms with van der Waals surface area (Å²) >= 11 is 0. The van der Waals surface area contributed by atoms with Gasteiger partial charge in [0.15, 0.2) is 81.5 Å². The van der Waals surface area contributed by atoms with Crippen molar-refractivity contribution in [3.63, 3.8) is 0 Å². The maximum atomic E-state index is 15.5. The molecule has 0 saturated heterocycles. The summed E-state index contributed by atoms with van der Waals surface area (Å²) in [7, 11) is -5.27. The average Bonchev–Trinajstić information content (AvgIpc) is 3.90. The van der Waals surface area contributed by atoms with Crippen molar-refractivity contribution < 1.29 is 115 Å². The number of benzene rings is 4. The summed E-state index contributed by atoms with van der Waals surface area (Å²) in [5.74, 6) is -33.0. The van der Waals surface area contributed by atoms with E-state index in [2.05, 4.69) is 39.9 Å². The first kappa shape index (κ1) is 41.1. The maximum absolute atomic E-state index is 15.5. The molecule has 2 aliphatic rings. The normalized spacial score (nSPS) is 12.1. The molecule has 7 aromatic rings. The Morgan fingerprint density at radius 2 is 0.759 bits per heavy atom. The first-order valence-corrected chi connectivity index (χ1v) is 16.2. The Kier molecular flexibility index (Phi) is 9.76. The standard InChI is InChI=1S/C32H4F12N8O3S.Na.Zn/c33-13-7-9(15(35)21(41)19(13)39)29-48-27(7)46-25-5-2-1-4(56(53,54)55)3-6(5)26(45-25)47-28-8-10(16(36)22(42)20(40)14(8)34)30(49-28)51-32-12-11(31(50-29)52-32)17(37)23(43)24(44)18(12)38;;/h1-3H,(H-2,45,46,47,48,49,50,51,52,53,54,55);;/q-2;+1;+2/p-1. The molecule has 0 unspecified atom stereocenters. The Morgan fingerprint density at radius 3 is 1.17 bits per heavy atom. The second-order valence-corrected chi connectivity index (χ2v) is 13.0. The van der Waals surface area contributed by atoms with Crippen molar-refractivity contribution in [3.05, 3.63) is 88.0 Å². The van der Waals surface area contributed by atoms with Crippen LogP contribution in [0.2, 0.25) is 0 Å². The van der Waals surface area contributed by atoms with Gasteiger partial charge in [-0.15, -0.1) is 0 Å². The van der Waals surface area contributed by atoms with Gasteiger partial charge in [-0.2, -0.15) is 0 Å². The predicted molar refractivity (Wildman–Crippen MR) is 161 cm³/mol. The molecule has 4 aromatic carbocycles. The summed E-state index contributed by atoms with van der Waals surface area (Å²) in [4.78, 5) is 29.2. The molecule has 0 saturated carbocycles. The maximum Gasteiger partial charge on any atom is 2.00 e. The van der Waals surface area contributed by atoms with Gasteiger partial charge in [0.25, 0.3) is 0 Å². The summed E-state index contributed by atoms with van der Waals surface area (Å²) in [6.07, 6.45) is 0. The van der Waals surface area contributed by atoms with E-state index in [1.165, 1.54) is 0 Å². The van der Waals surface area contributed by atoms with E-state index in [1.54, 1.807) is 0 Å². The second-order valence-electron chi connectivity index (χ2n) is 11.7. The van der Waals surface area contributed by atoms with Crippen molar-refractivity contribution in [1.82, 2.24) is 39.9 Å². The fourth-order valence-electron chi connectivity index (χ4n) is 6.13. The van der Waals surface area contributed by atoms with Gasteiger partial charge in [0.2, 0.25) is 0 Å². The Balaban J connectivity index is 0.00000256. The van der Waals surface area contributed by atoms with Crippen LogP contribution in [0.3, 0.4) is 0 Å².